The highest BCUT2D eigenvalue weighted by Crippen LogP contribution is 2.37. The molecule has 7 nitrogen and oxygen atoms in total. The molecule has 3 heterocycles. The zero-order valence-electron chi connectivity index (χ0n) is 16.3. The van der Waals surface area contributed by atoms with Crippen LogP contribution in [0, 0.1) is 0 Å². The Bertz CT molecular complexity index is 1330. The summed E-state index contributed by atoms with van der Waals surface area (Å²) in [5, 5.41) is 0.447. The van der Waals surface area contributed by atoms with E-state index in [1.165, 1.54) is 36.4 Å². The molecule has 0 spiro atoms. The third kappa shape index (κ3) is 3.38. The first-order valence-corrected chi connectivity index (χ1v) is 10.1. The average molecular weight is 445 g/mol. The number of halogens is 1. The van der Waals surface area contributed by atoms with Crippen LogP contribution in [0.4, 0.5) is 0 Å². The molecule has 0 amide bonds. The number of benzene rings is 1. The van der Waals surface area contributed by atoms with E-state index in [4.69, 9.17) is 25.5 Å². The molecule has 0 aliphatic carbocycles. The monoisotopic (exact) mass is 444 g/mol. The molecule has 0 saturated carbocycles. The largest absolute Gasteiger partial charge is 0.496 e. The van der Waals surface area contributed by atoms with E-state index in [2.05, 4.69) is 4.99 Å². The summed E-state index contributed by atoms with van der Waals surface area (Å²) in [5.74, 6) is 0.450. The van der Waals surface area contributed by atoms with Crippen molar-refractivity contribution >= 4 is 35.0 Å². The van der Waals surface area contributed by atoms with E-state index in [-0.39, 0.29) is 11.1 Å². The van der Waals surface area contributed by atoms with Gasteiger partial charge in [-0.3, -0.25) is 9.36 Å². The number of thiazole rings is 1. The second-order valence-electron chi connectivity index (χ2n) is 6.48. The maximum absolute atomic E-state index is 13.4. The van der Waals surface area contributed by atoms with Gasteiger partial charge in [0.15, 0.2) is 4.80 Å². The number of carbonyl (C=O) groups is 1. The second-order valence-corrected chi connectivity index (χ2v) is 7.92. The van der Waals surface area contributed by atoms with Crippen LogP contribution in [0.5, 0.6) is 5.75 Å². The van der Waals surface area contributed by atoms with Gasteiger partial charge in [-0.15, -0.1) is 0 Å². The van der Waals surface area contributed by atoms with Gasteiger partial charge in [-0.2, -0.15) is 0 Å². The van der Waals surface area contributed by atoms with Gasteiger partial charge >= 0.3 is 5.97 Å². The molecule has 0 fully saturated rings. The lowest BCUT2D eigenvalue weighted by molar-refractivity contribution is -0.136. The van der Waals surface area contributed by atoms with Crippen molar-refractivity contribution in [3.63, 3.8) is 0 Å². The van der Waals surface area contributed by atoms with Gasteiger partial charge in [0.25, 0.3) is 5.56 Å². The first-order chi connectivity index (χ1) is 14.4. The predicted octanol–water partition coefficient (Wildman–Crippen LogP) is 2.66. The Morgan fingerprint density at radius 3 is 2.80 bits per heavy atom. The van der Waals surface area contributed by atoms with Crippen LogP contribution in [0.2, 0.25) is 5.02 Å². The minimum Gasteiger partial charge on any atom is -0.496 e. The number of allylic oxidation sites excluding steroid dienone is 1. The van der Waals surface area contributed by atoms with E-state index in [1.807, 2.05) is 0 Å². The maximum Gasteiger partial charge on any atom is 0.338 e. The number of nitrogens with zero attached hydrogens (tertiary/aromatic N) is 2. The van der Waals surface area contributed by atoms with Crippen molar-refractivity contribution < 1.29 is 18.7 Å². The highest BCUT2D eigenvalue weighted by Gasteiger charge is 2.35. The van der Waals surface area contributed by atoms with Crippen molar-refractivity contribution in [2.24, 2.45) is 4.99 Å². The summed E-state index contributed by atoms with van der Waals surface area (Å²) in [6.45, 7) is 1.71. The second kappa shape index (κ2) is 7.97. The third-order valence-electron chi connectivity index (χ3n) is 4.73. The molecule has 2 aromatic heterocycles. The Labute approximate surface area is 180 Å². The van der Waals surface area contributed by atoms with Crippen LogP contribution in [-0.2, 0) is 9.53 Å². The molecule has 1 aliphatic rings. The Hall–Kier alpha value is -3.10. The fourth-order valence-electron chi connectivity index (χ4n) is 3.41. The van der Waals surface area contributed by atoms with Gasteiger partial charge in [0.2, 0.25) is 0 Å². The number of methoxy groups -OCH3 is 2. The van der Waals surface area contributed by atoms with Gasteiger partial charge in [-0.25, -0.2) is 9.79 Å². The number of esters is 1. The first kappa shape index (κ1) is 20.2. The Kier molecular flexibility index (Phi) is 5.36. The molecule has 1 unspecified atom stereocenters. The molecule has 3 aromatic rings. The highest BCUT2D eigenvalue weighted by atomic mass is 35.5. The molecule has 1 aliphatic heterocycles. The van der Waals surface area contributed by atoms with E-state index in [0.717, 1.165) is 0 Å². The minimum absolute atomic E-state index is 0.245. The number of fused-ring (bicyclic) bond motifs is 1. The quantitative estimate of drug-likeness (QED) is 0.578. The molecule has 154 valence electrons. The van der Waals surface area contributed by atoms with Crippen LogP contribution in [0.3, 0.4) is 0 Å². The van der Waals surface area contributed by atoms with Gasteiger partial charge < -0.3 is 13.9 Å². The standard InChI is InChI=1S/C21H17ClN2O5S/c1-11-17(20(26)28-3)18(14-9-12(22)6-7-15(14)27-2)24-19(25)16(30-21(24)23-11)10-13-5-4-8-29-13/h4-10,18H,1-3H3. The number of aromatic nitrogens is 1. The molecule has 0 bridgehead atoms. The van der Waals surface area contributed by atoms with E-state index >= 15 is 0 Å². The van der Waals surface area contributed by atoms with Gasteiger partial charge in [-0.05, 0) is 37.3 Å². The lowest BCUT2D eigenvalue weighted by Gasteiger charge is -2.25. The van der Waals surface area contributed by atoms with Crippen molar-refractivity contribution in [3.8, 4) is 5.75 Å². The fraction of sp³-hybridized carbons (Fsp3) is 0.190. The van der Waals surface area contributed by atoms with Gasteiger partial charge in [0.1, 0.15) is 17.6 Å². The molecule has 1 aromatic carbocycles. The van der Waals surface area contributed by atoms with Crippen molar-refractivity contribution in [1.29, 1.82) is 0 Å². The van der Waals surface area contributed by atoms with Crippen molar-refractivity contribution in [3.05, 3.63) is 83.9 Å². The summed E-state index contributed by atoms with van der Waals surface area (Å²) in [4.78, 5) is 31.0. The number of furan rings is 1. The molecule has 0 saturated heterocycles. The van der Waals surface area contributed by atoms with E-state index in [0.29, 0.717) is 37.1 Å². The number of rotatable bonds is 4. The fourth-order valence-corrected chi connectivity index (χ4v) is 4.62. The summed E-state index contributed by atoms with van der Waals surface area (Å²) in [5.41, 5.74) is 0.955. The van der Waals surface area contributed by atoms with Crippen LogP contribution in [0.1, 0.15) is 24.3 Å². The zero-order chi connectivity index (χ0) is 21.4. The molecule has 30 heavy (non-hydrogen) atoms. The van der Waals surface area contributed by atoms with Gasteiger partial charge in [0, 0.05) is 16.7 Å². The lowest BCUT2D eigenvalue weighted by atomic mass is 9.95. The summed E-state index contributed by atoms with van der Waals surface area (Å²) < 4.78 is 17.7. The number of hydrogen-bond acceptors (Lipinski definition) is 7. The number of hydrogen-bond donors (Lipinski definition) is 0. The summed E-state index contributed by atoms with van der Waals surface area (Å²) in [6, 6.07) is 7.74. The number of ether oxygens (including phenoxy) is 2. The third-order valence-corrected chi connectivity index (χ3v) is 5.95. The van der Waals surface area contributed by atoms with Gasteiger partial charge in [-0.1, -0.05) is 22.9 Å². The van der Waals surface area contributed by atoms with Crippen LogP contribution >= 0.6 is 22.9 Å². The molecule has 4 rings (SSSR count). The van der Waals surface area contributed by atoms with Crippen molar-refractivity contribution in [2.75, 3.05) is 14.2 Å². The SMILES string of the molecule is COC(=O)C1=C(C)N=c2sc(=Cc3ccco3)c(=O)n2C1c1cc(Cl)ccc1OC. The topological polar surface area (TPSA) is 83.0 Å². The molecular formula is C21H17ClN2O5S. The zero-order valence-corrected chi connectivity index (χ0v) is 17.9. The highest BCUT2D eigenvalue weighted by molar-refractivity contribution is 7.07. The predicted molar refractivity (Wildman–Crippen MR) is 112 cm³/mol. The Morgan fingerprint density at radius 1 is 1.33 bits per heavy atom. The number of carbonyl (C=O) groups excluding carboxylic acids is 1. The van der Waals surface area contributed by atoms with Crippen LogP contribution in [0.15, 0.2) is 62.1 Å². The Balaban J connectivity index is 2.05. The first-order valence-electron chi connectivity index (χ1n) is 8.92. The molecular weight excluding hydrogens is 428 g/mol. The van der Waals surface area contributed by atoms with Gasteiger partial charge in [0.05, 0.1) is 36.3 Å². The molecule has 0 radical (unpaired) electrons. The van der Waals surface area contributed by atoms with Crippen LogP contribution in [-0.4, -0.2) is 24.8 Å². The van der Waals surface area contributed by atoms with E-state index in [1.54, 1.807) is 43.3 Å². The molecule has 1 atom stereocenters. The molecule has 9 heteroatoms. The normalized spacial score (nSPS) is 16.3. The summed E-state index contributed by atoms with van der Waals surface area (Å²) in [7, 11) is 2.80. The summed E-state index contributed by atoms with van der Waals surface area (Å²) >= 11 is 7.45. The maximum atomic E-state index is 13.4. The minimum atomic E-state index is -0.805. The van der Waals surface area contributed by atoms with E-state index in [9.17, 15) is 9.59 Å². The summed E-state index contributed by atoms with van der Waals surface area (Å²) in [6.07, 6.45) is 3.18. The Morgan fingerprint density at radius 2 is 2.13 bits per heavy atom. The smallest absolute Gasteiger partial charge is 0.338 e. The van der Waals surface area contributed by atoms with Crippen molar-refractivity contribution in [1.82, 2.24) is 4.57 Å². The average Bonchev–Trinajstić information content (AvgIpc) is 3.35. The van der Waals surface area contributed by atoms with E-state index < -0.39 is 12.0 Å². The molecule has 0 N–H and O–H groups in total. The van der Waals surface area contributed by atoms with Crippen LogP contribution in [0.25, 0.3) is 6.08 Å². The van der Waals surface area contributed by atoms with Crippen LogP contribution < -0.4 is 19.6 Å². The lowest BCUT2D eigenvalue weighted by Crippen LogP contribution is -2.40. The van der Waals surface area contributed by atoms with Crippen molar-refractivity contribution in [2.45, 2.75) is 13.0 Å².